The van der Waals surface area contributed by atoms with Crippen LogP contribution >= 0.6 is 11.3 Å². The highest BCUT2D eigenvalue weighted by Crippen LogP contribution is 2.17. The standard InChI is InChI=1S/C15H17N3O3S2/c19-14(15-4-2-10-22-15)12-17-6-8-18(9-7-17)23(20,21)13-3-1-5-16-11-13/h1-5,10-11H,6-9,12H2. The number of pyridine rings is 1. The molecule has 3 heterocycles. The minimum atomic E-state index is -3.50. The van der Waals surface area contributed by atoms with Crippen LogP contribution in [0.25, 0.3) is 0 Å². The number of thiophene rings is 1. The quantitative estimate of drug-likeness (QED) is 0.760. The van der Waals surface area contributed by atoms with E-state index in [1.807, 2.05) is 22.4 Å². The fourth-order valence-electron chi connectivity index (χ4n) is 2.49. The van der Waals surface area contributed by atoms with Crippen LogP contribution in [0.2, 0.25) is 0 Å². The summed E-state index contributed by atoms with van der Waals surface area (Å²) < 4.78 is 26.5. The number of Topliss-reactive ketones (excluding diaryl/α,β-unsaturated/α-hetero) is 1. The minimum absolute atomic E-state index is 0.0866. The lowest BCUT2D eigenvalue weighted by Crippen LogP contribution is -2.49. The zero-order valence-electron chi connectivity index (χ0n) is 12.5. The Hall–Kier alpha value is -1.61. The molecule has 3 rings (SSSR count). The van der Waals surface area contributed by atoms with E-state index in [0.717, 1.165) is 4.88 Å². The van der Waals surface area contributed by atoms with Gasteiger partial charge in [-0.3, -0.25) is 14.7 Å². The topological polar surface area (TPSA) is 70.6 Å². The van der Waals surface area contributed by atoms with E-state index in [2.05, 4.69) is 4.98 Å². The highest BCUT2D eigenvalue weighted by molar-refractivity contribution is 7.89. The summed E-state index contributed by atoms with van der Waals surface area (Å²) in [5.74, 6) is 0.0866. The van der Waals surface area contributed by atoms with Crippen molar-refractivity contribution >= 4 is 27.1 Å². The zero-order valence-corrected chi connectivity index (χ0v) is 14.1. The van der Waals surface area contributed by atoms with Crippen LogP contribution in [0.5, 0.6) is 0 Å². The van der Waals surface area contributed by atoms with Gasteiger partial charge in [-0.25, -0.2) is 8.42 Å². The van der Waals surface area contributed by atoms with E-state index in [4.69, 9.17) is 0 Å². The van der Waals surface area contributed by atoms with Gasteiger partial charge in [0.1, 0.15) is 4.90 Å². The largest absolute Gasteiger partial charge is 0.293 e. The second-order valence-corrected chi connectivity index (χ2v) is 8.16. The summed E-state index contributed by atoms with van der Waals surface area (Å²) in [7, 11) is -3.50. The van der Waals surface area contributed by atoms with Gasteiger partial charge in [0, 0.05) is 38.6 Å². The van der Waals surface area contributed by atoms with Crippen molar-refractivity contribution in [3.63, 3.8) is 0 Å². The van der Waals surface area contributed by atoms with Gasteiger partial charge in [0.2, 0.25) is 10.0 Å². The molecule has 1 aliphatic heterocycles. The van der Waals surface area contributed by atoms with E-state index in [1.165, 1.54) is 21.8 Å². The van der Waals surface area contributed by atoms with Crippen molar-refractivity contribution in [2.45, 2.75) is 4.90 Å². The maximum Gasteiger partial charge on any atom is 0.244 e. The van der Waals surface area contributed by atoms with E-state index in [1.54, 1.807) is 18.3 Å². The first-order chi connectivity index (χ1) is 11.1. The highest BCUT2D eigenvalue weighted by Gasteiger charge is 2.29. The molecule has 0 radical (unpaired) electrons. The molecule has 0 aliphatic carbocycles. The molecular formula is C15H17N3O3S2. The summed E-state index contributed by atoms with van der Waals surface area (Å²) in [6.45, 7) is 2.21. The Morgan fingerprint density at radius 1 is 1.17 bits per heavy atom. The average molecular weight is 351 g/mol. The summed E-state index contributed by atoms with van der Waals surface area (Å²) in [4.78, 5) is 18.9. The summed E-state index contributed by atoms with van der Waals surface area (Å²) in [5, 5.41) is 1.88. The molecule has 0 bridgehead atoms. The first kappa shape index (κ1) is 16.3. The second kappa shape index (κ2) is 6.88. The van der Waals surface area contributed by atoms with Crippen molar-refractivity contribution in [3.8, 4) is 0 Å². The number of ketones is 1. The van der Waals surface area contributed by atoms with Gasteiger partial charge >= 0.3 is 0 Å². The summed E-state index contributed by atoms with van der Waals surface area (Å²) in [6, 6.07) is 6.84. The fourth-order valence-corrected chi connectivity index (χ4v) is 4.54. The SMILES string of the molecule is O=C(CN1CCN(S(=O)(=O)c2cccnc2)CC1)c1cccs1. The van der Waals surface area contributed by atoms with Gasteiger partial charge in [-0.05, 0) is 23.6 Å². The van der Waals surface area contributed by atoms with Crippen LogP contribution < -0.4 is 0 Å². The summed E-state index contributed by atoms with van der Waals surface area (Å²) >= 11 is 1.43. The van der Waals surface area contributed by atoms with E-state index in [-0.39, 0.29) is 10.7 Å². The van der Waals surface area contributed by atoms with Crippen LogP contribution in [0.4, 0.5) is 0 Å². The Labute approximate surface area is 139 Å². The molecule has 122 valence electrons. The Balaban J connectivity index is 1.59. The van der Waals surface area contributed by atoms with Crippen LogP contribution in [0.1, 0.15) is 9.67 Å². The molecule has 6 nitrogen and oxygen atoms in total. The van der Waals surface area contributed by atoms with Crippen LogP contribution in [0, 0.1) is 0 Å². The van der Waals surface area contributed by atoms with Gasteiger partial charge in [0.25, 0.3) is 0 Å². The van der Waals surface area contributed by atoms with Crippen molar-refractivity contribution in [2.75, 3.05) is 32.7 Å². The van der Waals surface area contributed by atoms with Gasteiger partial charge in [0.05, 0.1) is 11.4 Å². The van der Waals surface area contributed by atoms with Crippen LogP contribution in [-0.4, -0.2) is 61.1 Å². The van der Waals surface area contributed by atoms with Gasteiger partial charge < -0.3 is 0 Å². The Morgan fingerprint density at radius 2 is 1.96 bits per heavy atom. The lowest BCUT2D eigenvalue weighted by Gasteiger charge is -2.33. The number of carbonyl (C=O) groups excluding carboxylic acids is 1. The minimum Gasteiger partial charge on any atom is -0.293 e. The van der Waals surface area contributed by atoms with Crippen molar-refractivity contribution in [3.05, 3.63) is 46.9 Å². The van der Waals surface area contributed by atoms with Crippen molar-refractivity contribution < 1.29 is 13.2 Å². The number of rotatable bonds is 5. The molecule has 0 saturated carbocycles. The lowest BCUT2D eigenvalue weighted by atomic mass is 10.2. The first-order valence-electron chi connectivity index (χ1n) is 7.26. The Morgan fingerprint density at radius 3 is 2.57 bits per heavy atom. The maximum atomic E-state index is 12.5. The number of aromatic nitrogens is 1. The molecule has 0 N–H and O–H groups in total. The molecule has 1 saturated heterocycles. The summed E-state index contributed by atoms with van der Waals surface area (Å²) in [5.41, 5.74) is 0. The van der Waals surface area contributed by atoms with Gasteiger partial charge in [-0.2, -0.15) is 4.31 Å². The predicted octanol–water partition coefficient (Wildman–Crippen LogP) is 1.33. The smallest absolute Gasteiger partial charge is 0.244 e. The molecule has 23 heavy (non-hydrogen) atoms. The van der Waals surface area contributed by atoms with Crippen LogP contribution in [0.3, 0.4) is 0 Å². The summed E-state index contributed by atoms with van der Waals surface area (Å²) in [6.07, 6.45) is 2.91. The number of hydrogen-bond acceptors (Lipinski definition) is 6. The van der Waals surface area contributed by atoms with E-state index in [0.29, 0.717) is 32.7 Å². The van der Waals surface area contributed by atoms with Gasteiger partial charge in [-0.1, -0.05) is 6.07 Å². The normalized spacial score (nSPS) is 17.2. The molecule has 2 aromatic heterocycles. The highest BCUT2D eigenvalue weighted by atomic mass is 32.2. The Bertz CT molecular complexity index is 753. The van der Waals surface area contributed by atoms with E-state index >= 15 is 0 Å². The van der Waals surface area contributed by atoms with Crippen molar-refractivity contribution in [1.29, 1.82) is 0 Å². The molecule has 1 fully saturated rings. The molecule has 8 heteroatoms. The number of hydrogen-bond donors (Lipinski definition) is 0. The van der Waals surface area contributed by atoms with Crippen LogP contribution in [0.15, 0.2) is 46.9 Å². The fraction of sp³-hybridized carbons (Fsp3) is 0.333. The third kappa shape index (κ3) is 3.66. The van der Waals surface area contributed by atoms with Gasteiger partial charge in [0.15, 0.2) is 5.78 Å². The molecule has 0 amide bonds. The maximum absolute atomic E-state index is 12.5. The number of carbonyl (C=O) groups is 1. The molecular weight excluding hydrogens is 334 g/mol. The van der Waals surface area contributed by atoms with Crippen molar-refractivity contribution in [1.82, 2.24) is 14.2 Å². The zero-order chi connectivity index (χ0) is 16.3. The molecule has 0 spiro atoms. The molecule has 1 aliphatic rings. The average Bonchev–Trinajstić information content (AvgIpc) is 3.11. The Kier molecular flexibility index (Phi) is 4.86. The first-order valence-corrected chi connectivity index (χ1v) is 9.58. The molecule has 2 aromatic rings. The molecule has 0 atom stereocenters. The molecule has 0 aromatic carbocycles. The monoisotopic (exact) mass is 351 g/mol. The number of piperazine rings is 1. The second-order valence-electron chi connectivity index (χ2n) is 5.27. The van der Waals surface area contributed by atoms with Crippen molar-refractivity contribution in [2.24, 2.45) is 0 Å². The lowest BCUT2D eigenvalue weighted by molar-refractivity contribution is 0.0905. The molecule has 0 unspecified atom stereocenters. The predicted molar refractivity (Wildman–Crippen MR) is 88.1 cm³/mol. The van der Waals surface area contributed by atoms with Gasteiger partial charge in [-0.15, -0.1) is 11.3 Å². The third-order valence-electron chi connectivity index (χ3n) is 3.77. The van der Waals surface area contributed by atoms with E-state index in [9.17, 15) is 13.2 Å². The van der Waals surface area contributed by atoms with Crippen LogP contribution in [-0.2, 0) is 10.0 Å². The van der Waals surface area contributed by atoms with E-state index < -0.39 is 10.0 Å². The number of nitrogens with zero attached hydrogens (tertiary/aromatic N) is 3. The number of sulfonamides is 1. The third-order valence-corrected chi connectivity index (χ3v) is 6.56.